The molecule has 1 aromatic carbocycles. The topological polar surface area (TPSA) is 71.0 Å². The number of carbonyl (C=O) groups is 1. The summed E-state index contributed by atoms with van der Waals surface area (Å²) in [6.07, 6.45) is 4.99. The molecule has 4 rings (SSSR count). The van der Waals surface area contributed by atoms with Gasteiger partial charge in [0.15, 0.2) is 5.82 Å². The van der Waals surface area contributed by atoms with Crippen LogP contribution in [0.15, 0.2) is 54.9 Å². The summed E-state index contributed by atoms with van der Waals surface area (Å²) in [7, 11) is 0. The molecule has 29 heavy (non-hydrogen) atoms. The zero-order chi connectivity index (χ0) is 20.2. The van der Waals surface area contributed by atoms with Gasteiger partial charge >= 0.3 is 0 Å². The number of nitrogens with one attached hydrogen (secondary N) is 1. The number of nitrogens with zero attached hydrogens (tertiary/aromatic N) is 4. The molecule has 8 heteroatoms. The van der Waals surface area contributed by atoms with Gasteiger partial charge in [0.1, 0.15) is 0 Å². The van der Waals surface area contributed by atoms with Gasteiger partial charge in [0.2, 0.25) is 5.91 Å². The fourth-order valence-corrected chi connectivity index (χ4v) is 3.65. The molecule has 3 aromatic rings. The van der Waals surface area contributed by atoms with E-state index < -0.39 is 0 Å². The smallest absolute Gasteiger partial charge is 0.227 e. The number of pyridine rings is 1. The maximum Gasteiger partial charge on any atom is 0.227 e. The largest absolute Gasteiger partial charge is 0.355 e. The quantitative estimate of drug-likeness (QED) is 0.652. The SMILES string of the molecule is O=C(Nc1ccc(Cl)c(Cl)c1)C1CCN(c2ccc(-c3cccnc3)nn2)CC1. The molecule has 1 aliphatic heterocycles. The van der Waals surface area contributed by atoms with E-state index >= 15 is 0 Å². The average Bonchev–Trinajstić information content (AvgIpc) is 2.77. The lowest BCUT2D eigenvalue weighted by molar-refractivity contribution is -0.120. The minimum Gasteiger partial charge on any atom is -0.355 e. The van der Waals surface area contributed by atoms with Crippen LogP contribution in [0.3, 0.4) is 0 Å². The number of hydrogen-bond donors (Lipinski definition) is 1. The van der Waals surface area contributed by atoms with Gasteiger partial charge in [-0.3, -0.25) is 9.78 Å². The lowest BCUT2D eigenvalue weighted by Crippen LogP contribution is -2.38. The van der Waals surface area contributed by atoms with Crippen LogP contribution in [-0.2, 0) is 4.79 Å². The Bertz CT molecular complexity index is 990. The van der Waals surface area contributed by atoms with Crippen molar-refractivity contribution in [2.24, 2.45) is 5.92 Å². The van der Waals surface area contributed by atoms with Crippen molar-refractivity contribution in [1.82, 2.24) is 15.2 Å². The standard InChI is InChI=1S/C21H19Cl2N5O/c22-17-4-3-16(12-18(17)23)25-21(29)14-7-10-28(11-8-14)20-6-5-19(26-27-20)15-2-1-9-24-13-15/h1-6,9,12-14H,7-8,10-11H2,(H,25,29). The molecule has 148 valence electrons. The number of amides is 1. The number of halogens is 2. The van der Waals surface area contributed by atoms with Crippen LogP contribution < -0.4 is 10.2 Å². The van der Waals surface area contributed by atoms with Gasteiger partial charge < -0.3 is 10.2 Å². The Hall–Kier alpha value is -2.70. The van der Waals surface area contributed by atoms with Gasteiger partial charge in [0.05, 0.1) is 15.7 Å². The Morgan fingerprint density at radius 1 is 1.03 bits per heavy atom. The Balaban J connectivity index is 1.34. The molecule has 1 aliphatic rings. The molecule has 0 aliphatic carbocycles. The van der Waals surface area contributed by atoms with Crippen molar-refractivity contribution >= 4 is 40.6 Å². The Morgan fingerprint density at radius 2 is 1.86 bits per heavy atom. The zero-order valence-electron chi connectivity index (χ0n) is 15.6. The van der Waals surface area contributed by atoms with Crippen LogP contribution in [-0.4, -0.2) is 34.2 Å². The van der Waals surface area contributed by atoms with Crippen LogP contribution in [0.1, 0.15) is 12.8 Å². The highest BCUT2D eigenvalue weighted by atomic mass is 35.5. The van der Waals surface area contributed by atoms with Crippen molar-refractivity contribution in [3.8, 4) is 11.3 Å². The fraction of sp³-hybridized carbons (Fsp3) is 0.238. The molecular formula is C21H19Cl2N5O. The van der Waals surface area contributed by atoms with Gasteiger partial charge in [-0.1, -0.05) is 23.2 Å². The Labute approximate surface area is 178 Å². The third-order valence-electron chi connectivity index (χ3n) is 4.98. The van der Waals surface area contributed by atoms with Crippen molar-refractivity contribution in [2.75, 3.05) is 23.3 Å². The Morgan fingerprint density at radius 3 is 2.52 bits per heavy atom. The van der Waals surface area contributed by atoms with Gasteiger partial charge in [-0.15, -0.1) is 10.2 Å². The first-order chi connectivity index (χ1) is 14.1. The van der Waals surface area contributed by atoms with E-state index in [1.165, 1.54) is 0 Å². The van der Waals surface area contributed by atoms with E-state index in [1.807, 2.05) is 24.3 Å². The van der Waals surface area contributed by atoms with E-state index in [4.69, 9.17) is 23.2 Å². The van der Waals surface area contributed by atoms with Gasteiger partial charge in [-0.2, -0.15) is 0 Å². The summed E-state index contributed by atoms with van der Waals surface area (Å²) in [6.45, 7) is 1.50. The highest BCUT2D eigenvalue weighted by Crippen LogP contribution is 2.27. The highest BCUT2D eigenvalue weighted by Gasteiger charge is 2.26. The van der Waals surface area contributed by atoms with Crippen molar-refractivity contribution < 1.29 is 4.79 Å². The first kappa shape index (κ1) is 19.6. The van der Waals surface area contributed by atoms with Crippen molar-refractivity contribution in [2.45, 2.75) is 12.8 Å². The number of hydrogen-bond acceptors (Lipinski definition) is 5. The van der Waals surface area contributed by atoms with Crippen molar-refractivity contribution in [1.29, 1.82) is 0 Å². The number of aromatic nitrogens is 3. The van der Waals surface area contributed by atoms with E-state index in [-0.39, 0.29) is 11.8 Å². The summed E-state index contributed by atoms with van der Waals surface area (Å²) in [5.74, 6) is 0.769. The minimum atomic E-state index is -0.0525. The highest BCUT2D eigenvalue weighted by molar-refractivity contribution is 6.42. The molecule has 0 spiro atoms. The summed E-state index contributed by atoms with van der Waals surface area (Å²) in [4.78, 5) is 18.8. The number of anilines is 2. The van der Waals surface area contributed by atoms with E-state index in [2.05, 4.69) is 25.4 Å². The second-order valence-electron chi connectivity index (χ2n) is 6.90. The van der Waals surface area contributed by atoms with E-state index in [0.29, 0.717) is 15.7 Å². The summed E-state index contributed by atoms with van der Waals surface area (Å²) in [6, 6.07) is 12.8. The molecule has 2 aromatic heterocycles. The summed E-state index contributed by atoms with van der Waals surface area (Å²) in [5.41, 5.74) is 2.38. The molecule has 1 amide bonds. The molecule has 0 unspecified atom stereocenters. The second kappa shape index (κ2) is 8.76. The maximum absolute atomic E-state index is 12.6. The average molecular weight is 428 g/mol. The lowest BCUT2D eigenvalue weighted by atomic mass is 9.96. The zero-order valence-corrected chi connectivity index (χ0v) is 17.1. The van der Waals surface area contributed by atoms with E-state index in [0.717, 1.165) is 43.0 Å². The number of benzene rings is 1. The fourth-order valence-electron chi connectivity index (χ4n) is 3.35. The molecule has 3 heterocycles. The monoisotopic (exact) mass is 427 g/mol. The molecule has 0 radical (unpaired) electrons. The van der Waals surface area contributed by atoms with Crippen LogP contribution in [0.2, 0.25) is 10.0 Å². The van der Waals surface area contributed by atoms with Crippen molar-refractivity contribution in [3.05, 3.63) is 64.9 Å². The van der Waals surface area contributed by atoms with Crippen molar-refractivity contribution in [3.63, 3.8) is 0 Å². The molecule has 0 bridgehead atoms. The van der Waals surface area contributed by atoms with E-state index in [1.54, 1.807) is 30.6 Å². The first-order valence-corrected chi connectivity index (χ1v) is 10.1. The van der Waals surface area contributed by atoms with Crippen LogP contribution in [0.5, 0.6) is 0 Å². The third-order valence-corrected chi connectivity index (χ3v) is 5.72. The van der Waals surface area contributed by atoms with Gasteiger partial charge in [0, 0.05) is 42.7 Å². The molecule has 0 atom stereocenters. The molecular weight excluding hydrogens is 409 g/mol. The Kier molecular flexibility index (Phi) is 5.92. The van der Waals surface area contributed by atoms with Crippen LogP contribution in [0, 0.1) is 5.92 Å². The normalized spacial score (nSPS) is 14.6. The van der Waals surface area contributed by atoms with Crippen LogP contribution in [0.4, 0.5) is 11.5 Å². The van der Waals surface area contributed by atoms with Crippen LogP contribution in [0.25, 0.3) is 11.3 Å². The molecule has 1 N–H and O–H groups in total. The van der Waals surface area contributed by atoms with Gasteiger partial charge in [-0.05, 0) is 55.3 Å². The summed E-state index contributed by atoms with van der Waals surface area (Å²) >= 11 is 11.9. The number of piperidine rings is 1. The summed E-state index contributed by atoms with van der Waals surface area (Å²) < 4.78 is 0. The molecule has 6 nitrogen and oxygen atoms in total. The predicted molar refractivity (Wildman–Crippen MR) is 115 cm³/mol. The maximum atomic E-state index is 12.6. The number of carbonyl (C=O) groups excluding carboxylic acids is 1. The first-order valence-electron chi connectivity index (χ1n) is 9.35. The molecule has 1 saturated heterocycles. The lowest BCUT2D eigenvalue weighted by Gasteiger charge is -2.31. The van der Waals surface area contributed by atoms with Gasteiger partial charge in [0.25, 0.3) is 0 Å². The number of rotatable bonds is 4. The molecule has 1 fully saturated rings. The van der Waals surface area contributed by atoms with Gasteiger partial charge in [-0.25, -0.2) is 0 Å². The third kappa shape index (κ3) is 4.66. The predicted octanol–water partition coefficient (Wildman–Crippen LogP) is 4.70. The van der Waals surface area contributed by atoms with E-state index in [9.17, 15) is 4.79 Å². The van der Waals surface area contributed by atoms with Crippen LogP contribution >= 0.6 is 23.2 Å². The second-order valence-corrected chi connectivity index (χ2v) is 7.71. The molecule has 0 saturated carbocycles. The minimum absolute atomic E-state index is 0.000971. The summed E-state index contributed by atoms with van der Waals surface area (Å²) in [5, 5.41) is 12.5.